The van der Waals surface area contributed by atoms with Gasteiger partial charge in [-0.25, -0.2) is 0 Å². The normalized spacial score (nSPS) is 12.7. The molecular formula is C13H16ClN3. The average molecular weight is 250 g/mol. The van der Waals surface area contributed by atoms with Crippen molar-refractivity contribution in [1.82, 2.24) is 9.78 Å². The van der Waals surface area contributed by atoms with Gasteiger partial charge in [0.1, 0.15) is 0 Å². The molecule has 1 aromatic carbocycles. The molecule has 0 saturated carbocycles. The highest BCUT2D eigenvalue weighted by Gasteiger charge is 2.12. The molecule has 1 unspecified atom stereocenters. The van der Waals surface area contributed by atoms with Crippen LogP contribution in [0.15, 0.2) is 30.5 Å². The Morgan fingerprint density at radius 3 is 2.53 bits per heavy atom. The summed E-state index contributed by atoms with van der Waals surface area (Å²) in [7, 11) is 1.92. The summed E-state index contributed by atoms with van der Waals surface area (Å²) in [5.41, 5.74) is 9.59. The molecule has 17 heavy (non-hydrogen) atoms. The largest absolute Gasteiger partial charge is 0.324 e. The SMILES string of the molecule is Cc1c(C(N)Cc2ccc(Cl)cc2)cnn1C. The zero-order chi connectivity index (χ0) is 12.4. The van der Waals surface area contributed by atoms with Crippen molar-refractivity contribution in [2.75, 3.05) is 0 Å². The first-order valence-corrected chi connectivity index (χ1v) is 5.94. The molecule has 0 radical (unpaired) electrons. The van der Waals surface area contributed by atoms with Crippen LogP contribution in [0.4, 0.5) is 0 Å². The summed E-state index contributed by atoms with van der Waals surface area (Å²) in [6, 6.07) is 7.77. The molecule has 2 rings (SSSR count). The average Bonchev–Trinajstić information content (AvgIpc) is 2.63. The lowest BCUT2D eigenvalue weighted by molar-refractivity contribution is 0.700. The van der Waals surface area contributed by atoms with Crippen molar-refractivity contribution in [1.29, 1.82) is 0 Å². The summed E-state index contributed by atoms with van der Waals surface area (Å²) in [5.74, 6) is 0. The highest BCUT2D eigenvalue weighted by atomic mass is 35.5. The second-order valence-electron chi connectivity index (χ2n) is 4.25. The molecule has 1 aromatic heterocycles. The van der Waals surface area contributed by atoms with E-state index in [2.05, 4.69) is 5.10 Å². The van der Waals surface area contributed by atoms with E-state index >= 15 is 0 Å². The van der Waals surface area contributed by atoms with Gasteiger partial charge in [0.05, 0.1) is 6.20 Å². The minimum Gasteiger partial charge on any atom is -0.324 e. The Labute approximate surface area is 106 Å². The number of benzene rings is 1. The van der Waals surface area contributed by atoms with Crippen molar-refractivity contribution in [3.8, 4) is 0 Å². The van der Waals surface area contributed by atoms with Crippen LogP contribution in [0.5, 0.6) is 0 Å². The quantitative estimate of drug-likeness (QED) is 0.909. The molecule has 1 heterocycles. The Morgan fingerprint density at radius 1 is 1.35 bits per heavy atom. The summed E-state index contributed by atoms with van der Waals surface area (Å²) >= 11 is 5.85. The van der Waals surface area contributed by atoms with Crippen LogP contribution in [0.3, 0.4) is 0 Å². The third kappa shape index (κ3) is 2.68. The van der Waals surface area contributed by atoms with Gasteiger partial charge in [0, 0.05) is 29.4 Å². The first kappa shape index (κ1) is 12.1. The molecular weight excluding hydrogens is 234 g/mol. The molecule has 0 aliphatic carbocycles. The van der Waals surface area contributed by atoms with E-state index in [9.17, 15) is 0 Å². The zero-order valence-electron chi connectivity index (χ0n) is 10.0. The standard InChI is InChI=1S/C13H16ClN3/c1-9-12(8-16-17(9)2)13(15)7-10-3-5-11(14)6-4-10/h3-6,8,13H,7,15H2,1-2H3. The van der Waals surface area contributed by atoms with Crippen LogP contribution in [0, 0.1) is 6.92 Å². The van der Waals surface area contributed by atoms with Crippen LogP contribution < -0.4 is 5.73 Å². The molecule has 0 bridgehead atoms. The summed E-state index contributed by atoms with van der Waals surface area (Å²) in [5, 5.41) is 4.96. The monoisotopic (exact) mass is 249 g/mol. The lowest BCUT2D eigenvalue weighted by Crippen LogP contribution is -2.14. The Kier molecular flexibility index (Phi) is 3.50. The lowest BCUT2D eigenvalue weighted by atomic mass is 10.0. The third-order valence-electron chi connectivity index (χ3n) is 3.04. The maximum Gasteiger partial charge on any atom is 0.0540 e. The zero-order valence-corrected chi connectivity index (χ0v) is 10.8. The molecule has 1 atom stereocenters. The van der Waals surface area contributed by atoms with Crippen molar-refractivity contribution in [2.24, 2.45) is 12.8 Å². The molecule has 2 aromatic rings. The maximum absolute atomic E-state index is 6.19. The van der Waals surface area contributed by atoms with Crippen LogP contribution in [-0.2, 0) is 13.5 Å². The molecule has 3 nitrogen and oxygen atoms in total. The Hall–Kier alpha value is -1.32. The number of hydrogen-bond donors (Lipinski definition) is 1. The predicted molar refractivity (Wildman–Crippen MR) is 70.0 cm³/mol. The number of aryl methyl sites for hydroxylation is 1. The fourth-order valence-corrected chi connectivity index (χ4v) is 1.99. The van der Waals surface area contributed by atoms with E-state index in [4.69, 9.17) is 17.3 Å². The van der Waals surface area contributed by atoms with Crippen molar-refractivity contribution in [3.05, 3.63) is 52.3 Å². The van der Waals surface area contributed by atoms with Crippen molar-refractivity contribution >= 4 is 11.6 Å². The molecule has 90 valence electrons. The molecule has 0 spiro atoms. The molecule has 0 amide bonds. The van der Waals surface area contributed by atoms with E-state index in [1.807, 2.05) is 49.1 Å². The molecule has 0 saturated heterocycles. The number of rotatable bonds is 3. The van der Waals surface area contributed by atoms with Crippen molar-refractivity contribution < 1.29 is 0 Å². The second-order valence-corrected chi connectivity index (χ2v) is 4.68. The van der Waals surface area contributed by atoms with E-state index in [0.717, 1.165) is 22.7 Å². The van der Waals surface area contributed by atoms with Gasteiger partial charge >= 0.3 is 0 Å². The summed E-state index contributed by atoms with van der Waals surface area (Å²) in [4.78, 5) is 0. The fourth-order valence-electron chi connectivity index (χ4n) is 1.86. The van der Waals surface area contributed by atoms with Gasteiger partial charge in [-0.2, -0.15) is 5.10 Å². The van der Waals surface area contributed by atoms with E-state index in [-0.39, 0.29) is 6.04 Å². The molecule has 2 N–H and O–H groups in total. The van der Waals surface area contributed by atoms with E-state index in [0.29, 0.717) is 0 Å². The smallest absolute Gasteiger partial charge is 0.0540 e. The first-order valence-electron chi connectivity index (χ1n) is 5.56. The molecule has 4 heteroatoms. The third-order valence-corrected chi connectivity index (χ3v) is 3.29. The van der Waals surface area contributed by atoms with Crippen LogP contribution >= 0.6 is 11.6 Å². The van der Waals surface area contributed by atoms with Gasteiger partial charge in [-0.3, -0.25) is 4.68 Å². The van der Waals surface area contributed by atoms with Crippen LogP contribution in [0.25, 0.3) is 0 Å². The molecule has 0 aliphatic heterocycles. The van der Waals surface area contributed by atoms with Crippen LogP contribution in [-0.4, -0.2) is 9.78 Å². The Balaban J connectivity index is 2.14. The molecule has 0 fully saturated rings. The van der Waals surface area contributed by atoms with Gasteiger partial charge in [-0.05, 0) is 31.0 Å². The van der Waals surface area contributed by atoms with Gasteiger partial charge in [0.15, 0.2) is 0 Å². The topological polar surface area (TPSA) is 43.8 Å². The van der Waals surface area contributed by atoms with E-state index in [1.165, 1.54) is 5.56 Å². The first-order chi connectivity index (χ1) is 8.08. The van der Waals surface area contributed by atoms with Gasteiger partial charge in [-0.15, -0.1) is 0 Å². The van der Waals surface area contributed by atoms with Crippen molar-refractivity contribution in [2.45, 2.75) is 19.4 Å². The number of aromatic nitrogens is 2. The van der Waals surface area contributed by atoms with Gasteiger partial charge in [0.2, 0.25) is 0 Å². The van der Waals surface area contributed by atoms with Gasteiger partial charge < -0.3 is 5.73 Å². The van der Waals surface area contributed by atoms with Gasteiger partial charge in [0.25, 0.3) is 0 Å². The Morgan fingerprint density at radius 2 is 2.00 bits per heavy atom. The summed E-state index contributed by atoms with van der Waals surface area (Å²) in [6.45, 7) is 2.03. The lowest BCUT2D eigenvalue weighted by Gasteiger charge is -2.11. The number of halogens is 1. The minimum atomic E-state index is -0.0233. The number of nitrogens with two attached hydrogens (primary N) is 1. The van der Waals surface area contributed by atoms with Crippen LogP contribution in [0.1, 0.15) is 22.9 Å². The second kappa shape index (κ2) is 4.90. The fraction of sp³-hybridized carbons (Fsp3) is 0.308. The summed E-state index contributed by atoms with van der Waals surface area (Å²) in [6.07, 6.45) is 2.64. The van der Waals surface area contributed by atoms with Crippen molar-refractivity contribution in [3.63, 3.8) is 0 Å². The van der Waals surface area contributed by atoms with Crippen LogP contribution in [0.2, 0.25) is 5.02 Å². The Bertz CT molecular complexity index is 502. The highest BCUT2D eigenvalue weighted by molar-refractivity contribution is 6.30. The minimum absolute atomic E-state index is 0.0233. The predicted octanol–water partition coefficient (Wildman–Crippen LogP) is 2.62. The highest BCUT2D eigenvalue weighted by Crippen LogP contribution is 2.20. The van der Waals surface area contributed by atoms with E-state index < -0.39 is 0 Å². The van der Waals surface area contributed by atoms with Gasteiger partial charge in [-0.1, -0.05) is 23.7 Å². The molecule has 0 aliphatic rings. The summed E-state index contributed by atoms with van der Waals surface area (Å²) < 4.78 is 1.84. The number of nitrogens with zero attached hydrogens (tertiary/aromatic N) is 2. The maximum atomic E-state index is 6.19. The van der Waals surface area contributed by atoms with E-state index in [1.54, 1.807) is 0 Å². The number of hydrogen-bond acceptors (Lipinski definition) is 2.